The fraction of sp³-hybridized carbons (Fsp3) is 0.474. The van der Waals surface area contributed by atoms with Gasteiger partial charge in [0, 0.05) is 18.2 Å². The number of ether oxygens (including phenoxy) is 1. The molecule has 0 aliphatic carbocycles. The Kier molecular flexibility index (Phi) is 5.58. The van der Waals surface area contributed by atoms with Crippen molar-refractivity contribution in [3.8, 4) is 11.4 Å². The minimum atomic E-state index is -3.24. The van der Waals surface area contributed by atoms with Gasteiger partial charge in [0.05, 0.1) is 36.0 Å². The lowest BCUT2D eigenvalue weighted by atomic mass is 10.2. The summed E-state index contributed by atoms with van der Waals surface area (Å²) in [5.74, 6) is 1.22. The first-order valence-corrected chi connectivity index (χ1v) is 10.6. The Morgan fingerprint density at radius 1 is 1.23 bits per heavy atom. The number of aromatic nitrogens is 2. The van der Waals surface area contributed by atoms with Gasteiger partial charge in [-0.1, -0.05) is 30.3 Å². The third-order valence-electron chi connectivity index (χ3n) is 4.53. The van der Waals surface area contributed by atoms with Gasteiger partial charge in [-0.2, -0.15) is 0 Å². The van der Waals surface area contributed by atoms with E-state index in [0.29, 0.717) is 24.7 Å². The average Bonchev–Trinajstić information content (AvgIpc) is 2.62. The Hall–Kier alpha value is -1.99. The summed E-state index contributed by atoms with van der Waals surface area (Å²) in [4.78, 5) is 11.4. The van der Waals surface area contributed by atoms with Crippen LogP contribution in [0.25, 0.3) is 11.4 Å². The van der Waals surface area contributed by atoms with E-state index in [1.54, 1.807) is 19.9 Å². The van der Waals surface area contributed by atoms with Crippen molar-refractivity contribution in [1.82, 2.24) is 9.97 Å². The van der Waals surface area contributed by atoms with Crippen LogP contribution in [0.4, 0.5) is 5.82 Å². The molecule has 2 aromatic rings. The molecule has 140 valence electrons. The van der Waals surface area contributed by atoms with E-state index >= 15 is 0 Å². The van der Waals surface area contributed by atoms with Crippen molar-refractivity contribution in [2.45, 2.75) is 37.8 Å². The van der Waals surface area contributed by atoms with Crippen molar-refractivity contribution in [2.24, 2.45) is 0 Å². The molecule has 1 fully saturated rings. The van der Waals surface area contributed by atoms with E-state index < -0.39 is 15.1 Å². The number of hydrogen-bond acceptors (Lipinski definition) is 6. The van der Waals surface area contributed by atoms with Crippen LogP contribution in [0.3, 0.4) is 0 Å². The molecular weight excluding hydrogens is 350 g/mol. The largest absolute Gasteiger partial charge is 0.377 e. The van der Waals surface area contributed by atoms with Gasteiger partial charge in [0.2, 0.25) is 0 Å². The highest BCUT2D eigenvalue weighted by atomic mass is 32.2. The predicted octanol–water partition coefficient (Wildman–Crippen LogP) is 2.69. The summed E-state index contributed by atoms with van der Waals surface area (Å²) in [5, 5.41) is -0.441. The first kappa shape index (κ1) is 18.8. The van der Waals surface area contributed by atoms with Crippen LogP contribution < -0.4 is 4.90 Å². The number of nitrogens with zero attached hydrogens (tertiary/aromatic N) is 3. The number of anilines is 1. The quantitative estimate of drug-likeness (QED) is 0.800. The lowest BCUT2D eigenvalue weighted by molar-refractivity contribution is 0.0985. The van der Waals surface area contributed by atoms with Gasteiger partial charge in [0.25, 0.3) is 0 Å². The molecule has 0 bridgehead atoms. The molecule has 1 aliphatic rings. The molecule has 1 aromatic carbocycles. The first-order valence-electron chi connectivity index (χ1n) is 8.86. The average molecular weight is 375 g/mol. The zero-order chi connectivity index (χ0) is 18.7. The normalized spacial score (nSPS) is 18.3. The topological polar surface area (TPSA) is 72.4 Å². The third kappa shape index (κ3) is 4.22. The summed E-state index contributed by atoms with van der Waals surface area (Å²) in [6, 6.07) is 11.6. The minimum Gasteiger partial charge on any atom is -0.377 e. The highest BCUT2D eigenvalue weighted by Crippen LogP contribution is 2.24. The van der Waals surface area contributed by atoms with Crippen molar-refractivity contribution >= 4 is 15.7 Å². The summed E-state index contributed by atoms with van der Waals surface area (Å²) >= 11 is 0. The van der Waals surface area contributed by atoms with E-state index in [4.69, 9.17) is 9.72 Å². The molecule has 0 saturated carbocycles. The number of morpholine rings is 1. The smallest absolute Gasteiger partial charge is 0.161 e. The summed E-state index contributed by atoms with van der Waals surface area (Å²) < 4.78 is 30.3. The fourth-order valence-electron chi connectivity index (χ4n) is 2.86. The highest BCUT2D eigenvalue weighted by molar-refractivity contribution is 7.91. The van der Waals surface area contributed by atoms with Crippen LogP contribution in [-0.2, 0) is 20.3 Å². The molecule has 1 aromatic heterocycles. The van der Waals surface area contributed by atoms with Gasteiger partial charge in [-0.05, 0) is 20.8 Å². The van der Waals surface area contributed by atoms with E-state index in [1.165, 1.54) is 0 Å². The van der Waals surface area contributed by atoms with Crippen LogP contribution in [0.2, 0.25) is 0 Å². The van der Waals surface area contributed by atoms with Crippen LogP contribution in [0.1, 0.15) is 26.5 Å². The number of sulfone groups is 1. The van der Waals surface area contributed by atoms with Gasteiger partial charge < -0.3 is 9.64 Å². The number of hydrogen-bond donors (Lipinski definition) is 0. The number of rotatable bonds is 5. The Labute approximate surface area is 155 Å². The van der Waals surface area contributed by atoms with Crippen molar-refractivity contribution in [1.29, 1.82) is 0 Å². The van der Waals surface area contributed by atoms with Crippen LogP contribution >= 0.6 is 0 Å². The van der Waals surface area contributed by atoms with E-state index in [9.17, 15) is 8.42 Å². The number of benzene rings is 1. The molecule has 1 aliphatic heterocycles. The van der Waals surface area contributed by atoms with Gasteiger partial charge in [0.15, 0.2) is 15.7 Å². The second-order valence-corrected chi connectivity index (χ2v) is 9.44. The SMILES string of the molecule is CC(C)S(=O)(=O)Cc1cc(N2CCOC[C@@H]2C)nc(-c2ccccc2)n1. The van der Waals surface area contributed by atoms with E-state index in [0.717, 1.165) is 17.9 Å². The van der Waals surface area contributed by atoms with Gasteiger partial charge >= 0.3 is 0 Å². The van der Waals surface area contributed by atoms with Crippen molar-refractivity contribution in [2.75, 3.05) is 24.7 Å². The van der Waals surface area contributed by atoms with E-state index in [2.05, 4.69) is 16.8 Å². The lowest BCUT2D eigenvalue weighted by Gasteiger charge is -2.34. The van der Waals surface area contributed by atoms with Crippen LogP contribution in [0.15, 0.2) is 36.4 Å². The van der Waals surface area contributed by atoms with Crippen LogP contribution in [0, 0.1) is 0 Å². The van der Waals surface area contributed by atoms with E-state index in [1.807, 2.05) is 30.3 Å². The van der Waals surface area contributed by atoms with Gasteiger partial charge in [0.1, 0.15) is 5.82 Å². The molecule has 7 heteroatoms. The van der Waals surface area contributed by atoms with Crippen molar-refractivity contribution in [3.05, 3.63) is 42.1 Å². The van der Waals surface area contributed by atoms with Crippen molar-refractivity contribution < 1.29 is 13.2 Å². The van der Waals surface area contributed by atoms with Gasteiger partial charge in [-0.15, -0.1) is 0 Å². The maximum atomic E-state index is 12.4. The molecule has 1 saturated heterocycles. The van der Waals surface area contributed by atoms with Gasteiger partial charge in [-0.3, -0.25) is 0 Å². The van der Waals surface area contributed by atoms with Crippen LogP contribution in [0.5, 0.6) is 0 Å². The molecule has 0 radical (unpaired) electrons. The zero-order valence-electron chi connectivity index (χ0n) is 15.4. The van der Waals surface area contributed by atoms with Crippen LogP contribution in [-0.4, -0.2) is 49.4 Å². The predicted molar refractivity (Wildman–Crippen MR) is 103 cm³/mol. The summed E-state index contributed by atoms with van der Waals surface area (Å²) in [7, 11) is -3.24. The molecule has 0 amide bonds. The Morgan fingerprint density at radius 3 is 2.62 bits per heavy atom. The molecule has 26 heavy (non-hydrogen) atoms. The molecule has 6 nitrogen and oxygen atoms in total. The Balaban J connectivity index is 2.05. The van der Waals surface area contributed by atoms with Crippen molar-refractivity contribution in [3.63, 3.8) is 0 Å². The molecule has 3 rings (SSSR count). The first-order chi connectivity index (χ1) is 12.4. The maximum Gasteiger partial charge on any atom is 0.161 e. The summed E-state index contributed by atoms with van der Waals surface area (Å²) in [6.45, 7) is 7.45. The lowest BCUT2D eigenvalue weighted by Crippen LogP contribution is -2.44. The third-order valence-corrected chi connectivity index (χ3v) is 6.66. The minimum absolute atomic E-state index is 0.0846. The molecule has 1 atom stereocenters. The Bertz CT molecular complexity index is 854. The monoisotopic (exact) mass is 375 g/mol. The summed E-state index contributed by atoms with van der Waals surface area (Å²) in [5.41, 5.74) is 1.40. The highest BCUT2D eigenvalue weighted by Gasteiger charge is 2.24. The van der Waals surface area contributed by atoms with E-state index in [-0.39, 0.29) is 11.8 Å². The second kappa shape index (κ2) is 7.72. The standard InChI is InChI=1S/C19H25N3O3S/c1-14(2)26(23,24)13-17-11-18(22-9-10-25-12-15(22)3)21-19(20-17)16-7-5-4-6-8-16/h4-8,11,14-15H,9-10,12-13H2,1-3H3/t15-/m0/s1. The fourth-order valence-corrected chi connectivity index (χ4v) is 3.75. The molecule has 0 N–H and O–H groups in total. The van der Waals surface area contributed by atoms with Gasteiger partial charge in [-0.25, -0.2) is 18.4 Å². The molecule has 0 spiro atoms. The summed E-state index contributed by atoms with van der Waals surface area (Å²) in [6.07, 6.45) is 0. The molecule has 0 unspecified atom stereocenters. The Morgan fingerprint density at radius 2 is 1.96 bits per heavy atom. The molecular formula is C19H25N3O3S. The maximum absolute atomic E-state index is 12.4. The zero-order valence-corrected chi connectivity index (χ0v) is 16.2. The molecule has 2 heterocycles. The second-order valence-electron chi connectivity index (χ2n) is 6.88.